The molecule has 0 radical (unpaired) electrons. The van der Waals surface area contributed by atoms with Gasteiger partial charge in [-0.2, -0.15) is 0 Å². The lowest BCUT2D eigenvalue weighted by Crippen LogP contribution is -2.26. The summed E-state index contributed by atoms with van der Waals surface area (Å²) in [6, 6.07) is 4.26. The van der Waals surface area contributed by atoms with E-state index in [9.17, 15) is 0 Å². The summed E-state index contributed by atoms with van der Waals surface area (Å²) >= 11 is 12.0. The molecule has 0 aromatic heterocycles. The topological polar surface area (TPSA) is 3.24 Å². The van der Waals surface area contributed by atoms with Gasteiger partial charge in [0.15, 0.2) is 0 Å². The summed E-state index contributed by atoms with van der Waals surface area (Å²) < 4.78 is 0. The van der Waals surface area contributed by atoms with Crippen LogP contribution >= 0.6 is 23.2 Å². The van der Waals surface area contributed by atoms with Crippen LogP contribution in [0.1, 0.15) is 19.4 Å². The Morgan fingerprint density at radius 3 is 2.47 bits per heavy atom. The minimum atomic E-state index is 0.399. The Hall–Kier alpha value is -0.660. The van der Waals surface area contributed by atoms with Crippen molar-refractivity contribution in [1.82, 2.24) is 0 Å². The molecule has 0 spiro atoms. The van der Waals surface area contributed by atoms with E-state index >= 15 is 0 Å². The molecule has 1 nitrogen and oxygen atoms in total. The van der Waals surface area contributed by atoms with Crippen LogP contribution in [0.3, 0.4) is 0 Å². The van der Waals surface area contributed by atoms with Crippen molar-refractivity contribution in [3.63, 3.8) is 0 Å². The van der Waals surface area contributed by atoms with Gasteiger partial charge in [0.1, 0.15) is 0 Å². The highest BCUT2D eigenvalue weighted by atomic mass is 35.5. The van der Waals surface area contributed by atoms with Crippen molar-refractivity contribution < 1.29 is 0 Å². The minimum Gasteiger partial charge on any atom is -0.343 e. The van der Waals surface area contributed by atoms with Gasteiger partial charge in [0.2, 0.25) is 0 Å². The number of halogens is 2. The molecule has 1 aliphatic rings. The number of allylic oxidation sites excluding steroid dienone is 1. The standard InChI is InChI=1S/C12H13Cl2N/c1-7(2)15-8(3)4-9-5-10(13)11(14)6-12(9)15/h5-7H,3-4H2,1-2H3. The molecule has 0 N–H and O–H groups in total. The molecule has 0 unspecified atom stereocenters. The summed E-state index contributed by atoms with van der Waals surface area (Å²) in [7, 11) is 0. The number of anilines is 1. The molecule has 1 aliphatic heterocycles. The van der Waals surface area contributed by atoms with Crippen molar-refractivity contribution in [3.8, 4) is 0 Å². The second-order valence-electron chi connectivity index (χ2n) is 4.10. The van der Waals surface area contributed by atoms with Crippen LogP contribution in [0.4, 0.5) is 5.69 Å². The number of hydrogen-bond acceptors (Lipinski definition) is 1. The monoisotopic (exact) mass is 241 g/mol. The first-order chi connectivity index (χ1) is 7.00. The molecule has 80 valence electrons. The lowest BCUT2D eigenvalue weighted by molar-refractivity contribution is 0.764. The summed E-state index contributed by atoms with van der Waals surface area (Å²) in [5.74, 6) is 0. The van der Waals surface area contributed by atoms with Gasteiger partial charge >= 0.3 is 0 Å². The average Bonchev–Trinajstić information content (AvgIpc) is 2.41. The predicted octanol–water partition coefficient (Wildman–Crippen LogP) is 4.28. The maximum absolute atomic E-state index is 6.02. The third kappa shape index (κ3) is 1.75. The van der Waals surface area contributed by atoms with E-state index in [-0.39, 0.29) is 0 Å². The summed E-state index contributed by atoms with van der Waals surface area (Å²) in [4.78, 5) is 2.21. The maximum Gasteiger partial charge on any atom is 0.0613 e. The van der Waals surface area contributed by atoms with Gasteiger partial charge in [-0.05, 0) is 31.5 Å². The van der Waals surface area contributed by atoms with E-state index in [4.69, 9.17) is 23.2 Å². The summed E-state index contributed by atoms with van der Waals surface area (Å²) in [6.45, 7) is 8.35. The van der Waals surface area contributed by atoms with E-state index in [1.165, 1.54) is 5.56 Å². The molecular weight excluding hydrogens is 229 g/mol. The Bertz CT molecular complexity index is 424. The Balaban J connectivity index is 2.54. The van der Waals surface area contributed by atoms with Crippen molar-refractivity contribution in [2.75, 3.05) is 4.90 Å². The predicted molar refractivity (Wildman–Crippen MR) is 66.9 cm³/mol. The number of nitrogens with zero attached hydrogens (tertiary/aromatic N) is 1. The molecular formula is C12H13Cl2N. The highest BCUT2D eigenvalue weighted by molar-refractivity contribution is 6.42. The van der Waals surface area contributed by atoms with Crippen molar-refractivity contribution in [3.05, 3.63) is 40.0 Å². The zero-order chi connectivity index (χ0) is 11.2. The molecule has 0 saturated heterocycles. The second kappa shape index (κ2) is 3.73. The van der Waals surface area contributed by atoms with Crippen LogP contribution in [0.5, 0.6) is 0 Å². The van der Waals surface area contributed by atoms with Gasteiger partial charge in [-0.3, -0.25) is 0 Å². The van der Waals surface area contributed by atoms with E-state index in [1.54, 1.807) is 0 Å². The van der Waals surface area contributed by atoms with Crippen molar-refractivity contribution >= 4 is 28.9 Å². The Morgan fingerprint density at radius 2 is 1.87 bits per heavy atom. The Morgan fingerprint density at radius 1 is 1.27 bits per heavy atom. The molecule has 2 rings (SSSR count). The van der Waals surface area contributed by atoms with Gasteiger partial charge in [0, 0.05) is 23.8 Å². The maximum atomic E-state index is 6.02. The normalized spacial score (nSPS) is 15.0. The molecule has 15 heavy (non-hydrogen) atoms. The third-order valence-electron chi connectivity index (χ3n) is 2.63. The summed E-state index contributed by atoms with van der Waals surface area (Å²) in [5, 5.41) is 1.23. The van der Waals surface area contributed by atoms with Crippen LogP contribution in [0.15, 0.2) is 24.4 Å². The quantitative estimate of drug-likeness (QED) is 0.710. The first-order valence-electron chi connectivity index (χ1n) is 4.95. The fourth-order valence-corrected chi connectivity index (χ4v) is 2.41. The van der Waals surface area contributed by atoms with Gasteiger partial charge in [-0.15, -0.1) is 0 Å². The highest BCUT2D eigenvalue weighted by Gasteiger charge is 2.25. The highest BCUT2D eigenvalue weighted by Crippen LogP contribution is 2.39. The number of rotatable bonds is 1. The van der Waals surface area contributed by atoms with Gasteiger partial charge in [-0.25, -0.2) is 0 Å². The number of benzene rings is 1. The van der Waals surface area contributed by atoms with Crippen molar-refractivity contribution in [2.45, 2.75) is 26.3 Å². The molecule has 1 heterocycles. The molecule has 1 aromatic carbocycles. The molecule has 0 atom stereocenters. The van der Waals surface area contributed by atoms with E-state index in [2.05, 4.69) is 25.3 Å². The van der Waals surface area contributed by atoms with E-state index in [0.717, 1.165) is 17.8 Å². The van der Waals surface area contributed by atoms with Crippen LogP contribution in [-0.4, -0.2) is 6.04 Å². The number of fused-ring (bicyclic) bond motifs is 1. The second-order valence-corrected chi connectivity index (χ2v) is 4.92. The largest absolute Gasteiger partial charge is 0.343 e. The molecule has 1 aromatic rings. The van der Waals surface area contributed by atoms with Gasteiger partial charge < -0.3 is 4.90 Å². The first kappa shape index (κ1) is 10.8. The SMILES string of the molecule is C=C1Cc2cc(Cl)c(Cl)cc2N1C(C)C. The molecule has 3 heteroatoms. The Kier molecular flexibility index (Phi) is 2.70. The van der Waals surface area contributed by atoms with Gasteiger partial charge in [0.05, 0.1) is 10.0 Å². The van der Waals surface area contributed by atoms with E-state index in [0.29, 0.717) is 16.1 Å². The fraction of sp³-hybridized carbons (Fsp3) is 0.333. The number of hydrogen-bond donors (Lipinski definition) is 0. The molecule has 0 saturated carbocycles. The zero-order valence-electron chi connectivity index (χ0n) is 8.85. The van der Waals surface area contributed by atoms with Crippen LogP contribution in [0, 0.1) is 0 Å². The fourth-order valence-electron chi connectivity index (χ4n) is 2.06. The van der Waals surface area contributed by atoms with Gasteiger partial charge in [-0.1, -0.05) is 29.8 Å². The first-order valence-corrected chi connectivity index (χ1v) is 5.71. The summed E-state index contributed by atoms with van der Waals surface area (Å²) in [5.41, 5.74) is 3.46. The van der Waals surface area contributed by atoms with Crippen LogP contribution in [-0.2, 0) is 6.42 Å². The van der Waals surface area contributed by atoms with E-state index in [1.807, 2.05) is 12.1 Å². The zero-order valence-corrected chi connectivity index (χ0v) is 10.4. The minimum absolute atomic E-state index is 0.399. The van der Waals surface area contributed by atoms with Crippen LogP contribution in [0.25, 0.3) is 0 Å². The van der Waals surface area contributed by atoms with Crippen molar-refractivity contribution in [1.29, 1.82) is 0 Å². The molecule has 0 bridgehead atoms. The Labute approximate surface area is 100 Å². The van der Waals surface area contributed by atoms with Crippen LogP contribution < -0.4 is 4.90 Å². The molecule has 0 fully saturated rings. The average molecular weight is 242 g/mol. The van der Waals surface area contributed by atoms with E-state index < -0.39 is 0 Å². The molecule has 0 amide bonds. The van der Waals surface area contributed by atoms with Gasteiger partial charge in [0.25, 0.3) is 0 Å². The lowest BCUT2D eigenvalue weighted by atomic mass is 10.1. The summed E-state index contributed by atoms with van der Waals surface area (Å²) in [6.07, 6.45) is 0.865. The molecule has 0 aliphatic carbocycles. The van der Waals surface area contributed by atoms with Crippen molar-refractivity contribution in [2.24, 2.45) is 0 Å². The lowest BCUT2D eigenvalue weighted by Gasteiger charge is -2.25. The third-order valence-corrected chi connectivity index (χ3v) is 3.35. The smallest absolute Gasteiger partial charge is 0.0613 e. The van der Waals surface area contributed by atoms with Crippen LogP contribution in [0.2, 0.25) is 10.0 Å².